The van der Waals surface area contributed by atoms with Crippen molar-refractivity contribution in [2.75, 3.05) is 32.7 Å². The van der Waals surface area contributed by atoms with Gasteiger partial charge in [0.25, 0.3) is 0 Å². The van der Waals surface area contributed by atoms with Crippen LogP contribution in [0.2, 0.25) is 0 Å². The zero-order valence-corrected chi connectivity index (χ0v) is 14.3. The van der Waals surface area contributed by atoms with Crippen LogP contribution in [-0.4, -0.2) is 52.7 Å². The minimum atomic E-state index is 0.563. The lowest BCUT2D eigenvalue weighted by atomic mass is 9.97. The summed E-state index contributed by atoms with van der Waals surface area (Å²) < 4.78 is 5.40. The van der Waals surface area contributed by atoms with Crippen molar-refractivity contribution in [1.29, 1.82) is 0 Å². The summed E-state index contributed by atoms with van der Waals surface area (Å²) in [5, 5.41) is 4.19. The first-order valence-electron chi connectivity index (χ1n) is 9.64. The molecule has 0 spiro atoms. The Morgan fingerprint density at radius 3 is 2.48 bits per heavy atom. The second-order valence-corrected chi connectivity index (χ2v) is 7.78. The Bertz CT molecular complexity index is 491. The maximum Gasteiger partial charge on any atom is 0.229 e. The van der Waals surface area contributed by atoms with Crippen LogP contribution in [0, 0.1) is 5.92 Å². The summed E-state index contributed by atoms with van der Waals surface area (Å²) >= 11 is 0. The van der Waals surface area contributed by atoms with Crippen molar-refractivity contribution in [3.8, 4) is 0 Å². The van der Waals surface area contributed by atoms with Crippen molar-refractivity contribution < 1.29 is 4.52 Å². The third-order valence-corrected chi connectivity index (χ3v) is 5.59. The first-order valence-corrected chi connectivity index (χ1v) is 9.64. The predicted molar refractivity (Wildman–Crippen MR) is 89.2 cm³/mol. The number of piperidine rings is 1. The molecule has 1 aromatic heterocycles. The molecule has 3 fully saturated rings. The van der Waals surface area contributed by atoms with Gasteiger partial charge in [0.2, 0.25) is 5.89 Å². The standard InChI is InChI=1S/C18H30N4O/c1-2-4-10-21(9-3-1)12-15-6-5-11-22(13-15)14-17-19-18(23-20-17)16-7-8-16/h15-16H,1-14H2/t15-/m0/s1. The largest absolute Gasteiger partial charge is 0.339 e. The van der Waals surface area contributed by atoms with Gasteiger partial charge in [0.15, 0.2) is 5.82 Å². The van der Waals surface area contributed by atoms with Crippen LogP contribution in [0.25, 0.3) is 0 Å². The van der Waals surface area contributed by atoms with Crippen LogP contribution in [-0.2, 0) is 6.54 Å². The van der Waals surface area contributed by atoms with Crippen LogP contribution in [0.15, 0.2) is 4.52 Å². The van der Waals surface area contributed by atoms with E-state index < -0.39 is 0 Å². The van der Waals surface area contributed by atoms with Gasteiger partial charge in [0.05, 0.1) is 6.54 Å². The van der Waals surface area contributed by atoms with Crippen LogP contribution in [0.1, 0.15) is 69.0 Å². The predicted octanol–water partition coefficient (Wildman–Crippen LogP) is 3.04. The van der Waals surface area contributed by atoms with Gasteiger partial charge in [-0.2, -0.15) is 4.98 Å². The Balaban J connectivity index is 1.27. The SMILES string of the molecule is C1CCCN(C[C@@H]2CCCN(Cc3noc(C4CC4)n3)C2)CC1. The van der Waals surface area contributed by atoms with Crippen molar-refractivity contribution in [2.45, 2.75) is 63.8 Å². The highest BCUT2D eigenvalue weighted by molar-refractivity contribution is 5.01. The average Bonchev–Trinajstić information content (AvgIpc) is 3.34. The van der Waals surface area contributed by atoms with Gasteiger partial charge in [0, 0.05) is 19.0 Å². The fourth-order valence-corrected chi connectivity index (χ4v) is 4.16. The molecule has 0 unspecified atom stereocenters. The second kappa shape index (κ2) is 7.31. The summed E-state index contributed by atoms with van der Waals surface area (Å²) in [6, 6.07) is 0. The molecule has 0 radical (unpaired) electrons. The number of rotatable bonds is 5. The number of hydrogen-bond donors (Lipinski definition) is 0. The van der Waals surface area contributed by atoms with Crippen molar-refractivity contribution in [3.63, 3.8) is 0 Å². The van der Waals surface area contributed by atoms with Gasteiger partial charge in [-0.1, -0.05) is 18.0 Å². The van der Waals surface area contributed by atoms with Gasteiger partial charge in [-0.05, 0) is 64.1 Å². The Labute approximate surface area is 139 Å². The van der Waals surface area contributed by atoms with E-state index in [2.05, 4.69) is 19.9 Å². The quantitative estimate of drug-likeness (QED) is 0.835. The summed E-state index contributed by atoms with van der Waals surface area (Å²) in [7, 11) is 0. The Morgan fingerprint density at radius 2 is 1.70 bits per heavy atom. The van der Waals surface area contributed by atoms with Gasteiger partial charge in [0.1, 0.15) is 0 Å². The summed E-state index contributed by atoms with van der Waals surface area (Å²) in [5.41, 5.74) is 0. The number of hydrogen-bond acceptors (Lipinski definition) is 5. The van der Waals surface area contributed by atoms with E-state index in [9.17, 15) is 0 Å². The fourth-order valence-electron chi connectivity index (χ4n) is 4.16. The monoisotopic (exact) mass is 318 g/mol. The molecule has 0 bridgehead atoms. The van der Waals surface area contributed by atoms with Crippen molar-refractivity contribution >= 4 is 0 Å². The third kappa shape index (κ3) is 4.32. The average molecular weight is 318 g/mol. The Morgan fingerprint density at radius 1 is 0.913 bits per heavy atom. The summed E-state index contributed by atoms with van der Waals surface area (Å²) in [5.74, 6) is 3.14. The van der Waals surface area contributed by atoms with Gasteiger partial charge < -0.3 is 9.42 Å². The topological polar surface area (TPSA) is 45.4 Å². The molecule has 0 amide bonds. The normalized spacial score (nSPS) is 27.9. The molecule has 23 heavy (non-hydrogen) atoms. The van der Waals surface area contributed by atoms with Crippen LogP contribution in [0.4, 0.5) is 0 Å². The number of likely N-dealkylation sites (tertiary alicyclic amines) is 2. The van der Waals surface area contributed by atoms with E-state index in [-0.39, 0.29) is 0 Å². The lowest BCUT2D eigenvalue weighted by Gasteiger charge is -2.34. The molecule has 5 nitrogen and oxygen atoms in total. The molecular weight excluding hydrogens is 288 g/mol. The maximum absolute atomic E-state index is 5.40. The molecule has 2 saturated heterocycles. The van der Waals surface area contributed by atoms with Gasteiger partial charge >= 0.3 is 0 Å². The molecule has 3 aliphatic rings. The summed E-state index contributed by atoms with van der Waals surface area (Å²) in [6.45, 7) is 7.16. The molecule has 128 valence electrons. The van der Waals surface area contributed by atoms with Crippen LogP contribution in [0.5, 0.6) is 0 Å². The van der Waals surface area contributed by atoms with E-state index in [0.29, 0.717) is 5.92 Å². The second-order valence-electron chi connectivity index (χ2n) is 7.78. The molecule has 0 aromatic carbocycles. The lowest BCUT2D eigenvalue weighted by molar-refractivity contribution is 0.126. The first-order chi connectivity index (χ1) is 11.4. The van der Waals surface area contributed by atoms with Crippen LogP contribution in [0.3, 0.4) is 0 Å². The highest BCUT2D eigenvalue weighted by Gasteiger charge is 2.30. The Hall–Kier alpha value is -0.940. The molecule has 0 N–H and O–H groups in total. The van der Waals surface area contributed by atoms with Crippen molar-refractivity contribution in [2.24, 2.45) is 5.92 Å². The van der Waals surface area contributed by atoms with E-state index in [4.69, 9.17) is 4.52 Å². The number of aromatic nitrogens is 2. The summed E-state index contributed by atoms with van der Waals surface area (Å²) in [4.78, 5) is 9.83. The highest BCUT2D eigenvalue weighted by Crippen LogP contribution is 2.38. The van der Waals surface area contributed by atoms with E-state index in [1.54, 1.807) is 0 Å². The zero-order valence-electron chi connectivity index (χ0n) is 14.3. The molecule has 1 aromatic rings. The van der Waals surface area contributed by atoms with Crippen molar-refractivity contribution in [1.82, 2.24) is 19.9 Å². The molecule has 2 aliphatic heterocycles. The molecule has 4 rings (SSSR count). The fraction of sp³-hybridized carbons (Fsp3) is 0.889. The van der Waals surface area contributed by atoms with Gasteiger partial charge in [-0.15, -0.1) is 0 Å². The number of nitrogens with zero attached hydrogens (tertiary/aromatic N) is 4. The van der Waals surface area contributed by atoms with E-state index >= 15 is 0 Å². The van der Waals surface area contributed by atoms with Crippen LogP contribution >= 0.6 is 0 Å². The smallest absolute Gasteiger partial charge is 0.229 e. The van der Waals surface area contributed by atoms with Crippen LogP contribution < -0.4 is 0 Å². The van der Waals surface area contributed by atoms with E-state index in [1.807, 2.05) is 0 Å². The van der Waals surface area contributed by atoms with Gasteiger partial charge in [-0.3, -0.25) is 4.90 Å². The minimum Gasteiger partial charge on any atom is -0.339 e. The Kier molecular flexibility index (Phi) is 4.95. The molecule has 1 atom stereocenters. The maximum atomic E-state index is 5.40. The highest BCUT2D eigenvalue weighted by atomic mass is 16.5. The van der Waals surface area contributed by atoms with Crippen molar-refractivity contribution in [3.05, 3.63) is 11.7 Å². The molecule has 1 saturated carbocycles. The van der Waals surface area contributed by atoms with Gasteiger partial charge in [-0.25, -0.2) is 0 Å². The first kappa shape index (κ1) is 15.6. The molecule has 3 heterocycles. The summed E-state index contributed by atoms with van der Waals surface area (Å²) in [6.07, 6.45) is 10.8. The van der Waals surface area contributed by atoms with E-state index in [0.717, 1.165) is 24.2 Å². The minimum absolute atomic E-state index is 0.563. The third-order valence-electron chi connectivity index (χ3n) is 5.59. The lowest BCUT2D eigenvalue weighted by Crippen LogP contribution is -2.41. The molecular formula is C18H30N4O. The zero-order chi connectivity index (χ0) is 15.5. The van der Waals surface area contributed by atoms with E-state index in [1.165, 1.54) is 84.1 Å². The molecule has 5 heteroatoms. The molecule has 1 aliphatic carbocycles.